The second-order valence-electron chi connectivity index (χ2n) is 5.18. The largest absolute Gasteiger partial charge is 0.352 e. The summed E-state index contributed by atoms with van der Waals surface area (Å²) in [5.74, 6) is 0.295. The van der Waals surface area contributed by atoms with E-state index in [1.165, 1.54) is 32.1 Å². The van der Waals surface area contributed by atoms with Gasteiger partial charge in [-0.05, 0) is 37.9 Å². The maximum Gasteiger partial charge on any atom is 0.254 e. The Morgan fingerprint density at radius 2 is 2.26 bits per heavy atom. The van der Waals surface area contributed by atoms with Gasteiger partial charge in [-0.3, -0.25) is 9.78 Å². The molecule has 4 nitrogen and oxygen atoms in total. The summed E-state index contributed by atoms with van der Waals surface area (Å²) in [4.78, 5) is 18.3. The molecule has 1 aliphatic heterocycles. The van der Waals surface area contributed by atoms with Crippen molar-refractivity contribution in [2.24, 2.45) is 5.92 Å². The molecule has 1 unspecified atom stereocenters. The molecule has 1 atom stereocenters. The van der Waals surface area contributed by atoms with Gasteiger partial charge in [-0.15, -0.1) is 0 Å². The van der Waals surface area contributed by atoms with Crippen LogP contribution >= 0.6 is 11.6 Å². The monoisotopic (exact) mass is 281 g/mol. The van der Waals surface area contributed by atoms with Gasteiger partial charge in [0.05, 0.1) is 10.6 Å². The highest BCUT2D eigenvalue weighted by atomic mass is 35.5. The third kappa shape index (κ3) is 4.18. The molecule has 1 aromatic rings. The van der Waals surface area contributed by atoms with Gasteiger partial charge in [0.1, 0.15) is 0 Å². The number of halogens is 1. The number of amides is 1. The summed E-state index contributed by atoms with van der Waals surface area (Å²) in [5.41, 5.74) is 0.442. The Balaban J connectivity index is 1.78. The van der Waals surface area contributed by atoms with Crippen LogP contribution < -0.4 is 5.32 Å². The molecule has 104 valence electrons. The lowest BCUT2D eigenvalue weighted by atomic mass is 10.1. The molecule has 0 radical (unpaired) electrons. The molecule has 1 amide bonds. The predicted octanol–water partition coefficient (Wildman–Crippen LogP) is 2.20. The lowest BCUT2D eigenvalue weighted by Crippen LogP contribution is -2.34. The van der Waals surface area contributed by atoms with Gasteiger partial charge in [0.25, 0.3) is 5.91 Å². The minimum Gasteiger partial charge on any atom is -0.352 e. The maximum atomic E-state index is 12.0. The van der Waals surface area contributed by atoms with Gasteiger partial charge in [-0.25, -0.2) is 0 Å². The first-order valence-corrected chi connectivity index (χ1v) is 7.14. The SMILES string of the molecule is CC(CNC(=O)c1cnccc1Cl)CN1CCCC1. The van der Waals surface area contributed by atoms with E-state index in [9.17, 15) is 4.79 Å². The normalized spacial score (nSPS) is 17.4. The van der Waals surface area contributed by atoms with Crippen LogP contribution in [0.1, 0.15) is 30.1 Å². The molecule has 1 aromatic heterocycles. The van der Waals surface area contributed by atoms with Crippen molar-refractivity contribution >= 4 is 17.5 Å². The standard InChI is InChI=1S/C14H20ClN3O/c1-11(10-18-6-2-3-7-18)8-17-14(19)12-9-16-5-4-13(12)15/h4-5,9,11H,2-3,6-8,10H2,1H3,(H,17,19). The van der Waals surface area contributed by atoms with Gasteiger partial charge < -0.3 is 10.2 Å². The second kappa shape index (κ2) is 6.87. The van der Waals surface area contributed by atoms with Crippen molar-refractivity contribution in [3.63, 3.8) is 0 Å². The number of aromatic nitrogens is 1. The highest BCUT2D eigenvalue weighted by Gasteiger charge is 2.16. The molecule has 0 aromatic carbocycles. The first kappa shape index (κ1) is 14.3. The number of hydrogen-bond acceptors (Lipinski definition) is 3. The third-order valence-electron chi connectivity index (χ3n) is 3.39. The molecule has 19 heavy (non-hydrogen) atoms. The summed E-state index contributed by atoms with van der Waals surface area (Å²) in [5, 5.41) is 3.37. The molecule has 0 saturated carbocycles. The lowest BCUT2D eigenvalue weighted by molar-refractivity contribution is 0.0945. The summed E-state index contributed by atoms with van der Waals surface area (Å²) in [6.45, 7) is 6.24. The van der Waals surface area contributed by atoms with E-state index < -0.39 is 0 Å². The van der Waals surface area contributed by atoms with Crippen molar-refractivity contribution < 1.29 is 4.79 Å². The van der Waals surface area contributed by atoms with E-state index in [4.69, 9.17) is 11.6 Å². The van der Waals surface area contributed by atoms with Crippen LogP contribution in [-0.2, 0) is 0 Å². The van der Waals surface area contributed by atoms with Crippen molar-refractivity contribution in [2.45, 2.75) is 19.8 Å². The summed E-state index contributed by atoms with van der Waals surface area (Å²) < 4.78 is 0. The fraction of sp³-hybridized carbons (Fsp3) is 0.571. The number of carbonyl (C=O) groups excluding carboxylic acids is 1. The number of hydrogen-bond donors (Lipinski definition) is 1. The van der Waals surface area contributed by atoms with Crippen LogP contribution in [0.2, 0.25) is 5.02 Å². The Bertz CT molecular complexity index is 432. The minimum absolute atomic E-state index is 0.147. The highest BCUT2D eigenvalue weighted by Crippen LogP contribution is 2.13. The Kier molecular flexibility index (Phi) is 5.16. The van der Waals surface area contributed by atoms with E-state index >= 15 is 0 Å². The van der Waals surface area contributed by atoms with Gasteiger partial charge >= 0.3 is 0 Å². The summed E-state index contributed by atoms with van der Waals surface area (Å²) in [6, 6.07) is 1.63. The summed E-state index contributed by atoms with van der Waals surface area (Å²) >= 11 is 5.96. The summed E-state index contributed by atoms with van der Waals surface area (Å²) in [7, 11) is 0. The molecule has 0 bridgehead atoms. The topological polar surface area (TPSA) is 45.2 Å². The molecule has 1 saturated heterocycles. The molecule has 5 heteroatoms. The van der Waals surface area contributed by atoms with Crippen LogP contribution in [0.5, 0.6) is 0 Å². The molecular formula is C14H20ClN3O. The number of nitrogens with zero attached hydrogens (tertiary/aromatic N) is 2. The number of carbonyl (C=O) groups is 1. The maximum absolute atomic E-state index is 12.0. The van der Waals surface area contributed by atoms with Crippen LogP contribution in [0.3, 0.4) is 0 Å². The van der Waals surface area contributed by atoms with Crippen molar-refractivity contribution in [2.75, 3.05) is 26.2 Å². The zero-order chi connectivity index (χ0) is 13.7. The first-order valence-electron chi connectivity index (χ1n) is 6.77. The minimum atomic E-state index is -0.147. The number of pyridine rings is 1. The molecule has 2 rings (SSSR count). The average Bonchev–Trinajstić information content (AvgIpc) is 2.89. The van der Waals surface area contributed by atoms with Gasteiger partial charge in [0.15, 0.2) is 0 Å². The van der Waals surface area contributed by atoms with E-state index in [-0.39, 0.29) is 5.91 Å². The smallest absolute Gasteiger partial charge is 0.254 e. The van der Waals surface area contributed by atoms with Gasteiger partial charge in [-0.2, -0.15) is 0 Å². The molecule has 0 aliphatic carbocycles. The Morgan fingerprint density at radius 1 is 1.53 bits per heavy atom. The van der Waals surface area contributed by atoms with Gasteiger partial charge in [-0.1, -0.05) is 18.5 Å². The van der Waals surface area contributed by atoms with Crippen LogP contribution in [0.25, 0.3) is 0 Å². The van der Waals surface area contributed by atoms with E-state index in [1.54, 1.807) is 12.3 Å². The third-order valence-corrected chi connectivity index (χ3v) is 3.72. The van der Waals surface area contributed by atoms with Crippen LogP contribution in [0.15, 0.2) is 18.5 Å². The average molecular weight is 282 g/mol. The van der Waals surface area contributed by atoms with Crippen LogP contribution in [0, 0.1) is 5.92 Å². The van der Waals surface area contributed by atoms with Crippen molar-refractivity contribution in [1.82, 2.24) is 15.2 Å². The molecule has 1 aliphatic rings. The van der Waals surface area contributed by atoms with Crippen LogP contribution in [0.4, 0.5) is 0 Å². The van der Waals surface area contributed by atoms with Gasteiger partial charge in [0, 0.05) is 25.5 Å². The zero-order valence-electron chi connectivity index (χ0n) is 11.2. The van der Waals surface area contributed by atoms with Crippen molar-refractivity contribution in [3.05, 3.63) is 29.0 Å². The molecule has 1 fully saturated rings. The van der Waals surface area contributed by atoms with Gasteiger partial charge in [0.2, 0.25) is 0 Å². The van der Waals surface area contributed by atoms with E-state index in [2.05, 4.69) is 22.1 Å². The Morgan fingerprint density at radius 3 is 2.95 bits per heavy atom. The Hall–Kier alpha value is -1.13. The second-order valence-corrected chi connectivity index (χ2v) is 5.59. The Labute approximate surface area is 119 Å². The van der Waals surface area contributed by atoms with E-state index in [1.807, 2.05) is 0 Å². The van der Waals surface area contributed by atoms with Crippen LogP contribution in [-0.4, -0.2) is 42.0 Å². The molecule has 1 N–H and O–H groups in total. The van der Waals surface area contributed by atoms with Crippen molar-refractivity contribution in [3.8, 4) is 0 Å². The number of rotatable bonds is 5. The molecular weight excluding hydrogens is 262 g/mol. The predicted molar refractivity (Wildman–Crippen MR) is 76.4 cm³/mol. The van der Waals surface area contributed by atoms with E-state index in [0.717, 1.165) is 6.54 Å². The fourth-order valence-corrected chi connectivity index (χ4v) is 2.57. The van der Waals surface area contributed by atoms with Crippen molar-refractivity contribution in [1.29, 1.82) is 0 Å². The lowest BCUT2D eigenvalue weighted by Gasteiger charge is -2.20. The molecule has 2 heterocycles. The quantitative estimate of drug-likeness (QED) is 0.900. The first-order chi connectivity index (χ1) is 9.16. The van der Waals surface area contributed by atoms with E-state index in [0.29, 0.717) is 23.0 Å². The highest BCUT2D eigenvalue weighted by molar-refractivity contribution is 6.33. The summed E-state index contributed by atoms with van der Waals surface area (Å²) in [6.07, 6.45) is 5.67. The number of likely N-dealkylation sites (tertiary alicyclic amines) is 1. The zero-order valence-corrected chi connectivity index (χ0v) is 12.0. The number of nitrogens with one attached hydrogen (secondary N) is 1. The fourth-order valence-electron chi connectivity index (χ4n) is 2.38. The molecule has 0 spiro atoms.